The van der Waals surface area contributed by atoms with Gasteiger partial charge in [0, 0.05) is 19.2 Å². The minimum atomic E-state index is 0.811. The molecule has 1 aliphatic heterocycles. The molecule has 2 aromatic rings. The molecule has 19 heavy (non-hydrogen) atoms. The molecule has 0 N–H and O–H groups in total. The van der Waals surface area contributed by atoms with Crippen molar-refractivity contribution in [3.63, 3.8) is 0 Å². The first-order valence-corrected chi connectivity index (χ1v) is 7.34. The van der Waals surface area contributed by atoms with Crippen LogP contribution < -0.4 is 4.90 Å². The maximum absolute atomic E-state index is 4.55. The minimum absolute atomic E-state index is 0.811. The van der Waals surface area contributed by atoms with E-state index in [4.69, 9.17) is 0 Å². The molecule has 2 heterocycles. The number of aromatic nitrogens is 2. The van der Waals surface area contributed by atoms with Crippen LogP contribution in [0.2, 0.25) is 0 Å². The Morgan fingerprint density at radius 2 is 1.68 bits per heavy atom. The van der Waals surface area contributed by atoms with Crippen LogP contribution in [0.25, 0.3) is 0 Å². The Kier molecular flexibility index (Phi) is 3.51. The molecule has 3 rings (SSSR count). The summed E-state index contributed by atoms with van der Waals surface area (Å²) in [5.74, 6) is 1.83. The lowest BCUT2D eigenvalue weighted by Gasteiger charge is -2.21. The zero-order chi connectivity index (χ0) is 13.2. The van der Waals surface area contributed by atoms with Gasteiger partial charge in [0.05, 0.1) is 0 Å². The van der Waals surface area contributed by atoms with Crippen molar-refractivity contribution in [3.05, 3.63) is 51.9 Å². The summed E-state index contributed by atoms with van der Waals surface area (Å²) in [6, 6.07) is 10.7. The van der Waals surface area contributed by atoms with Gasteiger partial charge in [0.2, 0.25) is 0 Å². The number of hydrogen-bond donors (Lipinski definition) is 0. The van der Waals surface area contributed by atoms with E-state index < -0.39 is 0 Å². The van der Waals surface area contributed by atoms with Crippen molar-refractivity contribution < 1.29 is 0 Å². The lowest BCUT2D eigenvalue weighted by molar-refractivity contribution is 0.782. The second-order valence-electron chi connectivity index (χ2n) is 4.85. The molecule has 0 unspecified atom stereocenters. The summed E-state index contributed by atoms with van der Waals surface area (Å²) < 4.78 is 0.858. The predicted molar refractivity (Wildman–Crippen MR) is 80.5 cm³/mol. The molecule has 4 heteroatoms. The van der Waals surface area contributed by atoms with Gasteiger partial charge in [-0.05, 0) is 46.8 Å². The second kappa shape index (κ2) is 5.29. The number of aryl methyl sites for hydroxylation is 1. The zero-order valence-corrected chi connectivity index (χ0v) is 12.5. The summed E-state index contributed by atoms with van der Waals surface area (Å²) in [5.41, 5.74) is 2.93. The fraction of sp³-hybridized carbons (Fsp3) is 0.333. The van der Waals surface area contributed by atoms with Crippen molar-refractivity contribution in [3.8, 4) is 0 Å². The molecule has 0 saturated heterocycles. The van der Waals surface area contributed by atoms with E-state index >= 15 is 0 Å². The van der Waals surface area contributed by atoms with Crippen molar-refractivity contribution >= 4 is 21.7 Å². The molecule has 1 aliphatic rings. The Hall–Kier alpha value is -1.42. The standard InChI is InChI=1S/C15H16BrN3/c1-11-17-14(16)10-15(18-11)19-8-6-12-4-2-3-5-13(12)7-9-19/h2-5,10H,6-9H2,1H3. The highest BCUT2D eigenvalue weighted by Gasteiger charge is 2.15. The Labute approximate surface area is 121 Å². The first kappa shape index (κ1) is 12.6. The second-order valence-corrected chi connectivity index (χ2v) is 5.66. The summed E-state index contributed by atoms with van der Waals surface area (Å²) in [6.45, 7) is 3.96. The van der Waals surface area contributed by atoms with E-state index in [2.05, 4.69) is 55.1 Å². The molecule has 0 spiro atoms. The van der Waals surface area contributed by atoms with Crippen LogP contribution in [0.15, 0.2) is 34.9 Å². The molecule has 0 saturated carbocycles. The molecule has 0 fully saturated rings. The molecule has 1 aromatic heterocycles. The number of fused-ring (bicyclic) bond motifs is 1. The molecule has 1 aromatic carbocycles. The van der Waals surface area contributed by atoms with Gasteiger partial charge in [-0.1, -0.05) is 24.3 Å². The van der Waals surface area contributed by atoms with E-state index in [1.807, 2.05) is 13.0 Å². The highest BCUT2D eigenvalue weighted by Crippen LogP contribution is 2.21. The fourth-order valence-electron chi connectivity index (χ4n) is 2.58. The largest absolute Gasteiger partial charge is 0.356 e. The van der Waals surface area contributed by atoms with Crippen LogP contribution in [0.1, 0.15) is 17.0 Å². The highest BCUT2D eigenvalue weighted by molar-refractivity contribution is 9.10. The van der Waals surface area contributed by atoms with Gasteiger partial charge in [0.15, 0.2) is 0 Å². The van der Waals surface area contributed by atoms with E-state index in [1.54, 1.807) is 0 Å². The Balaban J connectivity index is 1.85. The zero-order valence-electron chi connectivity index (χ0n) is 10.9. The third-order valence-electron chi connectivity index (χ3n) is 3.54. The van der Waals surface area contributed by atoms with Crippen LogP contribution >= 0.6 is 15.9 Å². The quantitative estimate of drug-likeness (QED) is 0.757. The Morgan fingerprint density at radius 1 is 1.05 bits per heavy atom. The highest BCUT2D eigenvalue weighted by atomic mass is 79.9. The van der Waals surface area contributed by atoms with Crippen LogP contribution in [-0.4, -0.2) is 23.1 Å². The minimum Gasteiger partial charge on any atom is -0.356 e. The monoisotopic (exact) mass is 317 g/mol. The maximum Gasteiger partial charge on any atom is 0.133 e. The van der Waals surface area contributed by atoms with E-state index in [0.717, 1.165) is 42.2 Å². The van der Waals surface area contributed by atoms with Gasteiger partial charge in [-0.3, -0.25) is 0 Å². The number of halogens is 1. The van der Waals surface area contributed by atoms with Crippen molar-refractivity contribution in [1.29, 1.82) is 0 Å². The molecule has 0 bridgehead atoms. The van der Waals surface area contributed by atoms with Gasteiger partial charge in [-0.15, -0.1) is 0 Å². The van der Waals surface area contributed by atoms with E-state index in [-0.39, 0.29) is 0 Å². The smallest absolute Gasteiger partial charge is 0.133 e. The van der Waals surface area contributed by atoms with Gasteiger partial charge in [-0.2, -0.15) is 0 Å². The molecular formula is C15H16BrN3. The predicted octanol–water partition coefficient (Wildman–Crippen LogP) is 3.15. The number of nitrogens with zero attached hydrogens (tertiary/aromatic N) is 3. The number of rotatable bonds is 1. The first-order valence-electron chi connectivity index (χ1n) is 6.55. The molecular weight excluding hydrogens is 302 g/mol. The van der Waals surface area contributed by atoms with Crippen LogP contribution in [-0.2, 0) is 12.8 Å². The Bertz CT molecular complexity index is 550. The summed E-state index contributed by atoms with van der Waals surface area (Å²) in [5, 5.41) is 0. The van der Waals surface area contributed by atoms with E-state index in [0.29, 0.717) is 0 Å². The number of benzene rings is 1. The third-order valence-corrected chi connectivity index (χ3v) is 3.94. The Morgan fingerprint density at radius 3 is 2.26 bits per heavy atom. The van der Waals surface area contributed by atoms with Crippen molar-refractivity contribution in [2.24, 2.45) is 0 Å². The fourth-order valence-corrected chi connectivity index (χ4v) is 3.04. The van der Waals surface area contributed by atoms with Crippen LogP contribution in [0.4, 0.5) is 5.82 Å². The first-order chi connectivity index (χ1) is 9.22. The van der Waals surface area contributed by atoms with Gasteiger partial charge < -0.3 is 4.90 Å². The molecule has 98 valence electrons. The third kappa shape index (κ3) is 2.78. The summed E-state index contributed by atoms with van der Waals surface area (Å²) in [6.07, 6.45) is 2.16. The molecule has 0 atom stereocenters. The lowest BCUT2D eigenvalue weighted by Crippen LogP contribution is -2.27. The normalized spacial score (nSPS) is 14.9. The average Bonchev–Trinajstić information content (AvgIpc) is 2.60. The maximum atomic E-state index is 4.55. The van der Waals surface area contributed by atoms with Gasteiger partial charge in [0.1, 0.15) is 16.2 Å². The van der Waals surface area contributed by atoms with Crippen LogP contribution in [0.5, 0.6) is 0 Å². The van der Waals surface area contributed by atoms with E-state index in [1.165, 1.54) is 11.1 Å². The van der Waals surface area contributed by atoms with Gasteiger partial charge >= 0.3 is 0 Å². The summed E-state index contributed by atoms with van der Waals surface area (Å²) in [4.78, 5) is 11.2. The summed E-state index contributed by atoms with van der Waals surface area (Å²) in [7, 11) is 0. The lowest BCUT2D eigenvalue weighted by atomic mass is 10.0. The topological polar surface area (TPSA) is 29.0 Å². The number of anilines is 1. The molecule has 3 nitrogen and oxygen atoms in total. The van der Waals surface area contributed by atoms with Crippen molar-refractivity contribution in [2.45, 2.75) is 19.8 Å². The van der Waals surface area contributed by atoms with E-state index in [9.17, 15) is 0 Å². The van der Waals surface area contributed by atoms with Crippen LogP contribution in [0.3, 0.4) is 0 Å². The molecule has 0 radical (unpaired) electrons. The van der Waals surface area contributed by atoms with Crippen molar-refractivity contribution in [2.75, 3.05) is 18.0 Å². The molecule has 0 amide bonds. The summed E-state index contributed by atoms with van der Waals surface area (Å²) >= 11 is 3.45. The molecule has 0 aliphatic carbocycles. The van der Waals surface area contributed by atoms with Gasteiger partial charge in [0.25, 0.3) is 0 Å². The van der Waals surface area contributed by atoms with Gasteiger partial charge in [-0.25, -0.2) is 9.97 Å². The SMILES string of the molecule is Cc1nc(Br)cc(N2CCc3ccccc3CC2)n1. The number of hydrogen-bond acceptors (Lipinski definition) is 3. The van der Waals surface area contributed by atoms with Crippen molar-refractivity contribution in [1.82, 2.24) is 9.97 Å². The van der Waals surface area contributed by atoms with Crippen LogP contribution in [0, 0.1) is 6.92 Å². The average molecular weight is 318 g/mol.